The Kier molecular flexibility index (Phi) is 5.08. The van der Waals surface area contributed by atoms with Crippen molar-refractivity contribution in [3.05, 3.63) is 65.4 Å². The highest BCUT2D eigenvalue weighted by Crippen LogP contribution is 2.29. The second kappa shape index (κ2) is 7.46. The number of fused-ring (bicyclic) bond motifs is 1. The van der Waals surface area contributed by atoms with Crippen LogP contribution in [0.2, 0.25) is 0 Å². The molecule has 0 saturated heterocycles. The van der Waals surface area contributed by atoms with Gasteiger partial charge in [-0.05, 0) is 30.3 Å². The van der Waals surface area contributed by atoms with Gasteiger partial charge in [-0.2, -0.15) is 13.2 Å². The van der Waals surface area contributed by atoms with E-state index < -0.39 is 17.6 Å². The maximum absolute atomic E-state index is 12.7. The van der Waals surface area contributed by atoms with E-state index in [2.05, 4.69) is 17.2 Å². The molecule has 2 aromatic carbocycles. The third kappa shape index (κ3) is 4.23. The van der Waals surface area contributed by atoms with Crippen LogP contribution in [0.15, 0.2) is 52.9 Å². The number of hydrogen-bond acceptors (Lipinski definition) is 3. The molecule has 0 aliphatic carbocycles. The monoisotopic (exact) mass is 373 g/mol. The zero-order valence-corrected chi connectivity index (χ0v) is 14.2. The van der Waals surface area contributed by atoms with Gasteiger partial charge in [0.05, 0.1) is 19.2 Å². The quantitative estimate of drug-likeness (QED) is 0.699. The van der Waals surface area contributed by atoms with Crippen molar-refractivity contribution in [2.45, 2.75) is 6.18 Å². The lowest BCUT2D eigenvalue weighted by Gasteiger charge is -2.05. The van der Waals surface area contributed by atoms with Gasteiger partial charge < -0.3 is 14.5 Å². The van der Waals surface area contributed by atoms with Crippen LogP contribution in [0.25, 0.3) is 11.0 Å². The van der Waals surface area contributed by atoms with Gasteiger partial charge in [-0.15, -0.1) is 0 Å². The Morgan fingerprint density at radius 1 is 1.19 bits per heavy atom. The Bertz CT molecular complexity index is 1040. The van der Waals surface area contributed by atoms with Gasteiger partial charge in [-0.25, -0.2) is 0 Å². The molecule has 7 heteroatoms. The average molecular weight is 373 g/mol. The normalized spacial score (nSPS) is 11.0. The summed E-state index contributed by atoms with van der Waals surface area (Å²) in [6.07, 6.45) is -4.42. The highest BCUT2D eigenvalue weighted by atomic mass is 19.4. The highest BCUT2D eigenvalue weighted by molar-refractivity contribution is 5.97. The molecule has 1 amide bonds. The van der Waals surface area contributed by atoms with Crippen LogP contribution in [-0.2, 0) is 6.18 Å². The number of alkyl halides is 3. The molecule has 0 saturated carbocycles. The summed E-state index contributed by atoms with van der Waals surface area (Å²) >= 11 is 0. The van der Waals surface area contributed by atoms with Crippen LogP contribution in [0.3, 0.4) is 0 Å². The van der Waals surface area contributed by atoms with Crippen LogP contribution in [0, 0.1) is 11.8 Å². The van der Waals surface area contributed by atoms with Crippen LogP contribution in [-0.4, -0.2) is 19.6 Å². The van der Waals surface area contributed by atoms with E-state index in [1.54, 1.807) is 24.3 Å². The lowest BCUT2D eigenvalue weighted by molar-refractivity contribution is -0.137. The van der Waals surface area contributed by atoms with Crippen molar-refractivity contribution in [2.24, 2.45) is 0 Å². The zero-order valence-electron chi connectivity index (χ0n) is 14.2. The number of ether oxygens (including phenoxy) is 1. The van der Waals surface area contributed by atoms with Crippen molar-refractivity contribution in [3.8, 4) is 17.6 Å². The molecular formula is C20H14F3NO3. The van der Waals surface area contributed by atoms with Gasteiger partial charge in [-0.3, -0.25) is 4.79 Å². The van der Waals surface area contributed by atoms with Gasteiger partial charge in [0.2, 0.25) is 0 Å². The van der Waals surface area contributed by atoms with E-state index in [0.29, 0.717) is 11.3 Å². The Labute approximate surface area is 152 Å². The fourth-order valence-electron chi connectivity index (χ4n) is 2.44. The number of nitrogens with one attached hydrogen (secondary N) is 1. The van der Waals surface area contributed by atoms with Crippen LogP contribution in [0.4, 0.5) is 13.2 Å². The number of carbonyl (C=O) groups excluding carboxylic acids is 1. The van der Waals surface area contributed by atoms with Gasteiger partial charge in [0, 0.05) is 10.9 Å². The summed E-state index contributed by atoms with van der Waals surface area (Å²) in [4.78, 5) is 12.1. The van der Waals surface area contributed by atoms with E-state index >= 15 is 0 Å². The molecule has 1 N–H and O–H groups in total. The van der Waals surface area contributed by atoms with E-state index in [9.17, 15) is 18.0 Å². The molecular weight excluding hydrogens is 359 g/mol. The third-order valence-electron chi connectivity index (χ3n) is 3.71. The summed E-state index contributed by atoms with van der Waals surface area (Å²) in [6, 6.07) is 11.5. The van der Waals surface area contributed by atoms with Gasteiger partial charge in [0.1, 0.15) is 0 Å². The fourth-order valence-corrected chi connectivity index (χ4v) is 2.44. The molecule has 0 bridgehead atoms. The standard InChI is InChI=1S/C20H14F3NO3/c1-26-16-9-3-7-14-12-17(27-18(14)16)19(25)24-10-4-6-13-5-2-8-15(11-13)20(21,22)23/h2-3,5,7-9,11-12H,10H2,1H3,(H,24,25). The highest BCUT2D eigenvalue weighted by Gasteiger charge is 2.30. The average Bonchev–Trinajstić information content (AvgIpc) is 3.09. The summed E-state index contributed by atoms with van der Waals surface area (Å²) < 4.78 is 48.7. The molecule has 1 aromatic heterocycles. The molecule has 0 spiro atoms. The first-order valence-electron chi connectivity index (χ1n) is 7.89. The molecule has 27 heavy (non-hydrogen) atoms. The SMILES string of the molecule is COc1cccc2cc(C(=O)NCC#Cc3cccc(C(F)(F)F)c3)oc12. The second-order valence-electron chi connectivity index (χ2n) is 5.55. The van der Waals surface area contributed by atoms with Crippen molar-refractivity contribution < 1.29 is 27.1 Å². The van der Waals surface area contributed by atoms with Crippen molar-refractivity contribution >= 4 is 16.9 Å². The molecule has 0 aliphatic heterocycles. The number of methoxy groups -OCH3 is 1. The lowest BCUT2D eigenvalue weighted by Crippen LogP contribution is -2.22. The third-order valence-corrected chi connectivity index (χ3v) is 3.71. The molecule has 3 rings (SSSR count). The van der Waals surface area contributed by atoms with E-state index in [-0.39, 0.29) is 17.9 Å². The number of furan rings is 1. The zero-order chi connectivity index (χ0) is 19.4. The Hall–Kier alpha value is -3.40. The topological polar surface area (TPSA) is 51.5 Å². The number of halogens is 3. The van der Waals surface area contributed by atoms with Crippen molar-refractivity contribution in [2.75, 3.05) is 13.7 Å². The van der Waals surface area contributed by atoms with E-state index in [4.69, 9.17) is 9.15 Å². The van der Waals surface area contributed by atoms with Gasteiger partial charge in [0.25, 0.3) is 5.91 Å². The first-order chi connectivity index (χ1) is 12.9. The second-order valence-corrected chi connectivity index (χ2v) is 5.55. The van der Waals surface area contributed by atoms with Gasteiger partial charge in [-0.1, -0.05) is 30.0 Å². The minimum atomic E-state index is -4.42. The Morgan fingerprint density at radius 3 is 2.70 bits per heavy atom. The molecule has 0 atom stereocenters. The Balaban J connectivity index is 1.67. The van der Waals surface area contributed by atoms with E-state index in [0.717, 1.165) is 17.5 Å². The summed E-state index contributed by atoms with van der Waals surface area (Å²) in [5.41, 5.74) is -0.0951. The summed E-state index contributed by atoms with van der Waals surface area (Å²) in [6.45, 7) is -0.0384. The van der Waals surface area contributed by atoms with Crippen LogP contribution in [0.1, 0.15) is 21.7 Å². The molecule has 0 fully saturated rings. The number of amides is 1. The van der Waals surface area contributed by atoms with E-state index in [1.807, 2.05) is 0 Å². The summed E-state index contributed by atoms with van der Waals surface area (Å²) in [5, 5.41) is 3.26. The minimum absolute atomic E-state index is 0.0384. The van der Waals surface area contributed by atoms with Crippen molar-refractivity contribution in [1.82, 2.24) is 5.32 Å². The predicted octanol–water partition coefficient (Wildman–Crippen LogP) is 4.24. The number of hydrogen-bond donors (Lipinski definition) is 1. The van der Waals surface area contributed by atoms with E-state index in [1.165, 1.54) is 19.2 Å². The van der Waals surface area contributed by atoms with Gasteiger partial charge >= 0.3 is 6.18 Å². The predicted molar refractivity (Wildman–Crippen MR) is 93.4 cm³/mol. The first-order valence-corrected chi connectivity index (χ1v) is 7.89. The first kappa shape index (κ1) is 18.4. The lowest BCUT2D eigenvalue weighted by atomic mass is 10.1. The number of benzene rings is 2. The maximum atomic E-state index is 12.7. The number of para-hydroxylation sites is 1. The molecule has 0 aliphatic rings. The van der Waals surface area contributed by atoms with Crippen LogP contribution < -0.4 is 10.1 Å². The smallest absolute Gasteiger partial charge is 0.416 e. The number of rotatable bonds is 3. The molecule has 4 nitrogen and oxygen atoms in total. The molecule has 138 valence electrons. The van der Waals surface area contributed by atoms with Crippen molar-refractivity contribution in [3.63, 3.8) is 0 Å². The fraction of sp³-hybridized carbons (Fsp3) is 0.150. The molecule has 0 radical (unpaired) electrons. The Morgan fingerprint density at radius 2 is 1.96 bits per heavy atom. The largest absolute Gasteiger partial charge is 0.493 e. The van der Waals surface area contributed by atoms with Crippen LogP contribution in [0.5, 0.6) is 5.75 Å². The molecule has 1 heterocycles. The van der Waals surface area contributed by atoms with Crippen LogP contribution >= 0.6 is 0 Å². The number of carbonyl (C=O) groups is 1. The van der Waals surface area contributed by atoms with Crippen molar-refractivity contribution in [1.29, 1.82) is 0 Å². The summed E-state index contributed by atoms with van der Waals surface area (Å²) in [5.74, 6) is 5.34. The molecule has 3 aromatic rings. The molecule has 0 unspecified atom stereocenters. The maximum Gasteiger partial charge on any atom is 0.416 e. The minimum Gasteiger partial charge on any atom is -0.493 e. The summed E-state index contributed by atoms with van der Waals surface area (Å²) in [7, 11) is 1.50. The van der Waals surface area contributed by atoms with Gasteiger partial charge in [0.15, 0.2) is 17.1 Å².